The normalized spacial score (nSPS) is 10.0. The van der Waals surface area contributed by atoms with Crippen LogP contribution in [0.3, 0.4) is 0 Å². The molecule has 4 nitrogen and oxygen atoms in total. The molecular formula is C15H12Cl2N2O2. The van der Waals surface area contributed by atoms with Crippen LogP contribution in [0.15, 0.2) is 48.5 Å². The maximum Gasteiger partial charge on any atom is 0.319 e. The second-order valence-corrected chi connectivity index (χ2v) is 5.06. The Labute approximate surface area is 132 Å². The van der Waals surface area contributed by atoms with Gasteiger partial charge in [-0.2, -0.15) is 0 Å². The molecule has 2 N–H and O–H groups in total. The Bertz CT molecular complexity index is 660. The Kier molecular flexibility index (Phi) is 5.20. The van der Waals surface area contributed by atoms with E-state index in [4.69, 9.17) is 23.2 Å². The van der Waals surface area contributed by atoms with Crippen LogP contribution in [0.25, 0.3) is 0 Å². The molecule has 0 spiro atoms. The molecule has 21 heavy (non-hydrogen) atoms. The van der Waals surface area contributed by atoms with Crippen LogP contribution < -0.4 is 10.6 Å². The molecule has 108 valence electrons. The highest BCUT2D eigenvalue weighted by atomic mass is 35.5. The quantitative estimate of drug-likeness (QED) is 0.836. The summed E-state index contributed by atoms with van der Waals surface area (Å²) in [7, 11) is 0. The van der Waals surface area contributed by atoms with Crippen molar-refractivity contribution in [2.24, 2.45) is 0 Å². The number of amides is 2. The van der Waals surface area contributed by atoms with Gasteiger partial charge in [0.1, 0.15) is 0 Å². The predicted molar refractivity (Wildman–Crippen MR) is 84.3 cm³/mol. The molecule has 2 aromatic carbocycles. The van der Waals surface area contributed by atoms with E-state index in [1.54, 1.807) is 36.4 Å². The summed E-state index contributed by atoms with van der Waals surface area (Å²) in [5.41, 5.74) is 0.924. The van der Waals surface area contributed by atoms with Crippen LogP contribution in [0.4, 0.5) is 10.5 Å². The molecule has 2 amide bonds. The molecule has 0 heterocycles. The van der Waals surface area contributed by atoms with Gasteiger partial charge in [-0.05, 0) is 18.2 Å². The van der Waals surface area contributed by atoms with Crippen LogP contribution in [-0.4, -0.2) is 18.4 Å². The summed E-state index contributed by atoms with van der Waals surface area (Å²) in [6, 6.07) is 12.9. The molecule has 0 unspecified atom stereocenters. The van der Waals surface area contributed by atoms with Gasteiger partial charge in [0.15, 0.2) is 5.78 Å². The lowest BCUT2D eigenvalue weighted by molar-refractivity contribution is 0.0993. The summed E-state index contributed by atoms with van der Waals surface area (Å²) in [4.78, 5) is 23.6. The van der Waals surface area contributed by atoms with Crippen molar-refractivity contribution in [3.05, 3.63) is 64.1 Å². The molecule has 0 fully saturated rings. The molecule has 6 heteroatoms. The third kappa shape index (κ3) is 4.48. The van der Waals surface area contributed by atoms with E-state index in [1.807, 2.05) is 6.07 Å². The zero-order chi connectivity index (χ0) is 15.2. The Morgan fingerprint density at radius 1 is 1.00 bits per heavy atom. The SMILES string of the molecule is O=C(NCC(=O)c1ccccc1)Nc1cc(Cl)ccc1Cl. The number of ketones is 1. The van der Waals surface area contributed by atoms with E-state index in [9.17, 15) is 9.59 Å². The highest BCUT2D eigenvalue weighted by Crippen LogP contribution is 2.25. The highest BCUT2D eigenvalue weighted by Gasteiger charge is 2.09. The standard InChI is InChI=1S/C15H12Cl2N2O2/c16-11-6-7-12(17)13(8-11)19-15(21)18-9-14(20)10-4-2-1-3-5-10/h1-8H,9H2,(H2,18,19,21). The van der Waals surface area contributed by atoms with Crippen LogP contribution in [0.5, 0.6) is 0 Å². The molecular weight excluding hydrogens is 311 g/mol. The first-order chi connectivity index (χ1) is 10.1. The highest BCUT2D eigenvalue weighted by molar-refractivity contribution is 6.35. The van der Waals surface area contributed by atoms with Crippen molar-refractivity contribution < 1.29 is 9.59 Å². The fraction of sp³-hybridized carbons (Fsp3) is 0.0667. The number of hydrogen-bond acceptors (Lipinski definition) is 2. The first-order valence-electron chi connectivity index (χ1n) is 6.14. The molecule has 0 bridgehead atoms. The van der Waals surface area contributed by atoms with E-state index in [0.29, 0.717) is 21.3 Å². The minimum atomic E-state index is -0.525. The van der Waals surface area contributed by atoms with Gasteiger partial charge >= 0.3 is 6.03 Å². The van der Waals surface area contributed by atoms with E-state index >= 15 is 0 Å². The average molecular weight is 323 g/mol. The van der Waals surface area contributed by atoms with Gasteiger partial charge in [-0.1, -0.05) is 53.5 Å². The Hall–Kier alpha value is -2.04. The van der Waals surface area contributed by atoms with E-state index in [-0.39, 0.29) is 12.3 Å². The fourth-order valence-electron chi connectivity index (χ4n) is 1.65. The molecule has 0 aliphatic rings. The molecule has 0 saturated heterocycles. The molecule has 0 atom stereocenters. The third-order valence-corrected chi connectivity index (χ3v) is 3.25. The number of halogens is 2. The fourth-order valence-corrected chi connectivity index (χ4v) is 1.98. The van der Waals surface area contributed by atoms with Crippen LogP contribution in [0.1, 0.15) is 10.4 Å². The summed E-state index contributed by atoms with van der Waals surface area (Å²) < 4.78 is 0. The van der Waals surface area contributed by atoms with Gasteiger partial charge in [0.05, 0.1) is 17.3 Å². The largest absolute Gasteiger partial charge is 0.330 e. The summed E-state index contributed by atoms with van der Waals surface area (Å²) in [6.45, 7) is -0.103. The Morgan fingerprint density at radius 2 is 1.71 bits per heavy atom. The van der Waals surface area contributed by atoms with Crippen molar-refractivity contribution in [2.75, 3.05) is 11.9 Å². The second kappa shape index (κ2) is 7.11. The van der Waals surface area contributed by atoms with E-state index in [1.165, 1.54) is 6.07 Å². The van der Waals surface area contributed by atoms with Crippen molar-refractivity contribution in [1.29, 1.82) is 0 Å². The maximum atomic E-state index is 11.8. The Morgan fingerprint density at radius 3 is 2.43 bits per heavy atom. The first kappa shape index (κ1) is 15.4. The minimum Gasteiger partial charge on any atom is -0.330 e. The smallest absolute Gasteiger partial charge is 0.319 e. The number of benzene rings is 2. The molecule has 2 aromatic rings. The number of hydrogen-bond donors (Lipinski definition) is 2. The van der Waals surface area contributed by atoms with Crippen LogP contribution in [0, 0.1) is 0 Å². The molecule has 0 aliphatic heterocycles. The molecule has 0 radical (unpaired) electrons. The Balaban J connectivity index is 1.91. The lowest BCUT2D eigenvalue weighted by Gasteiger charge is -2.09. The van der Waals surface area contributed by atoms with E-state index in [2.05, 4.69) is 10.6 Å². The second-order valence-electron chi connectivity index (χ2n) is 4.22. The summed E-state index contributed by atoms with van der Waals surface area (Å²) in [6.07, 6.45) is 0. The van der Waals surface area contributed by atoms with Crippen LogP contribution >= 0.6 is 23.2 Å². The van der Waals surface area contributed by atoms with Gasteiger partial charge in [0.25, 0.3) is 0 Å². The number of urea groups is 1. The van der Waals surface area contributed by atoms with E-state index < -0.39 is 6.03 Å². The average Bonchev–Trinajstić information content (AvgIpc) is 2.49. The van der Waals surface area contributed by atoms with Crippen molar-refractivity contribution in [3.63, 3.8) is 0 Å². The van der Waals surface area contributed by atoms with Crippen LogP contribution in [-0.2, 0) is 0 Å². The topological polar surface area (TPSA) is 58.2 Å². The van der Waals surface area contributed by atoms with Gasteiger partial charge in [-0.3, -0.25) is 4.79 Å². The van der Waals surface area contributed by atoms with Gasteiger partial charge in [0, 0.05) is 10.6 Å². The molecule has 0 aliphatic carbocycles. The van der Waals surface area contributed by atoms with Crippen molar-refractivity contribution in [3.8, 4) is 0 Å². The van der Waals surface area contributed by atoms with Crippen molar-refractivity contribution in [2.45, 2.75) is 0 Å². The molecule has 0 saturated carbocycles. The summed E-state index contributed by atoms with van der Waals surface area (Å²) in [5.74, 6) is -0.178. The number of carbonyl (C=O) groups is 2. The minimum absolute atomic E-state index is 0.103. The summed E-state index contributed by atoms with van der Waals surface area (Å²) >= 11 is 11.8. The lowest BCUT2D eigenvalue weighted by Crippen LogP contribution is -2.33. The first-order valence-corrected chi connectivity index (χ1v) is 6.90. The van der Waals surface area contributed by atoms with Gasteiger partial charge in [-0.15, -0.1) is 0 Å². The maximum absolute atomic E-state index is 11.8. The van der Waals surface area contributed by atoms with Crippen LogP contribution in [0.2, 0.25) is 10.0 Å². The lowest BCUT2D eigenvalue weighted by atomic mass is 10.1. The van der Waals surface area contributed by atoms with Gasteiger partial charge < -0.3 is 10.6 Å². The molecule has 2 rings (SSSR count). The van der Waals surface area contributed by atoms with Crippen molar-refractivity contribution in [1.82, 2.24) is 5.32 Å². The van der Waals surface area contributed by atoms with E-state index in [0.717, 1.165) is 0 Å². The third-order valence-electron chi connectivity index (χ3n) is 2.68. The number of rotatable bonds is 4. The van der Waals surface area contributed by atoms with Gasteiger partial charge in [-0.25, -0.2) is 4.79 Å². The predicted octanol–water partition coefficient (Wildman–Crippen LogP) is 4.00. The monoisotopic (exact) mass is 322 g/mol. The number of Topliss-reactive ketones (excluding diaryl/α,β-unsaturated/α-hetero) is 1. The zero-order valence-corrected chi connectivity index (χ0v) is 12.4. The number of anilines is 1. The van der Waals surface area contributed by atoms with Gasteiger partial charge in [0.2, 0.25) is 0 Å². The summed E-state index contributed by atoms with van der Waals surface area (Å²) in [5, 5.41) is 5.83. The molecule has 0 aromatic heterocycles. The van der Waals surface area contributed by atoms with Crippen molar-refractivity contribution >= 4 is 40.7 Å². The zero-order valence-electron chi connectivity index (χ0n) is 10.9. The number of nitrogens with one attached hydrogen (secondary N) is 2. The number of carbonyl (C=O) groups excluding carboxylic acids is 2.